The van der Waals surface area contributed by atoms with Crippen LogP contribution in [0.1, 0.15) is 22.8 Å². The Morgan fingerprint density at radius 3 is 1.93 bits per heavy atom. The smallest absolute Gasteiger partial charge is 0.258 e. The average Bonchev–Trinajstić information content (AvgIpc) is 2.97. The summed E-state index contributed by atoms with van der Waals surface area (Å²) in [6.07, 6.45) is -12.7. The zero-order chi connectivity index (χ0) is 23.3. The van der Waals surface area contributed by atoms with Crippen LogP contribution in [0.5, 0.6) is 0 Å². The van der Waals surface area contributed by atoms with Crippen LogP contribution >= 0.6 is 0 Å². The van der Waals surface area contributed by atoms with Crippen molar-refractivity contribution < 1.29 is 48.8 Å². The quantitative estimate of drug-likeness (QED) is 0.368. The fourth-order valence-electron chi connectivity index (χ4n) is 2.26. The van der Waals surface area contributed by atoms with Crippen LogP contribution in [-0.2, 0) is 18.4 Å². The lowest BCUT2D eigenvalue weighted by Gasteiger charge is -2.19. The van der Waals surface area contributed by atoms with Gasteiger partial charge in [-0.15, -0.1) is 5.10 Å². The second kappa shape index (κ2) is 7.09. The molecule has 0 radical (unpaired) electrons. The molecule has 0 bridgehead atoms. The van der Waals surface area contributed by atoms with E-state index in [0.717, 1.165) is 18.2 Å². The van der Waals surface area contributed by atoms with E-state index in [1.165, 1.54) is 6.92 Å². The number of rotatable bonds is 5. The highest BCUT2D eigenvalue weighted by Crippen LogP contribution is 2.46. The summed E-state index contributed by atoms with van der Waals surface area (Å²) in [5, 5.41) is 13.3. The van der Waals surface area contributed by atoms with Crippen LogP contribution in [0.15, 0.2) is 18.2 Å². The molecule has 1 heterocycles. The predicted molar refractivity (Wildman–Crippen MR) is 76.9 cm³/mol. The summed E-state index contributed by atoms with van der Waals surface area (Å²) in [5.41, 5.74) is -0.783. The summed E-state index contributed by atoms with van der Waals surface area (Å²) in [7, 11) is 0. The summed E-state index contributed by atoms with van der Waals surface area (Å²) in [4.78, 5) is 12.1. The lowest BCUT2D eigenvalue weighted by molar-refractivity contribution is -0.385. The van der Waals surface area contributed by atoms with Gasteiger partial charge in [0.15, 0.2) is 0 Å². The summed E-state index contributed by atoms with van der Waals surface area (Å²) in [6.45, 7) is 0.0260. The van der Waals surface area contributed by atoms with Crippen molar-refractivity contribution in [3.8, 4) is 0 Å². The Balaban J connectivity index is 2.63. The fraction of sp³-hybridized carbons (Fsp3) is 0.429. The second-order valence-corrected chi connectivity index (χ2v) is 5.94. The van der Waals surface area contributed by atoms with Crippen molar-refractivity contribution in [3.63, 3.8) is 0 Å². The van der Waals surface area contributed by atoms with Gasteiger partial charge in [0.25, 0.3) is 5.69 Å². The number of aryl methyl sites for hydroxylation is 1. The number of alkyl halides is 10. The van der Waals surface area contributed by atoms with Crippen molar-refractivity contribution >= 4 is 5.69 Å². The van der Waals surface area contributed by atoms with Gasteiger partial charge in [-0.05, 0) is 18.6 Å². The van der Waals surface area contributed by atoms with Crippen molar-refractivity contribution in [2.75, 3.05) is 0 Å². The van der Waals surface area contributed by atoms with Crippen LogP contribution in [0.4, 0.5) is 49.6 Å². The van der Waals surface area contributed by atoms with Crippen molar-refractivity contribution in [2.24, 2.45) is 0 Å². The Kier molecular flexibility index (Phi) is 5.51. The van der Waals surface area contributed by atoms with E-state index in [4.69, 9.17) is 0 Å². The molecule has 0 unspecified atom stereocenters. The number of nitro groups is 1. The molecular formula is C14H8F10N4O2. The SMILES string of the molecule is Cc1cc(Cn2nc(C(F)(F)C(F)(F)F)nc2C(F)(F)C(F)(F)F)ccc1[N+](=O)[O-]. The highest BCUT2D eigenvalue weighted by atomic mass is 19.4. The first-order chi connectivity index (χ1) is 13.4. The van der Waals surface area contributed by atoms with Crippen LogP contribution in [0.3, 0.4) is 0 Å². The van der Waals surface area contributed by atoms with E-state index in [1.54, 1.807) is 0 Å². The zero-order valence-electron chi connectivity index (χ0n) is 14.3. The van der Waals surface area contributed by atoms with Gasteiger partial charge >= 0.3 is 24.2 Å². The Morgan fingerprint density at radius 2 is 1.50 bits per heavy atom. The Hall–Kier alpha value is -2.94. The number of benzene rings is 1. The van der Waals surface area contributed by atoms with Gasteiger partial charge in [-0.2, -0.15) is 43.9 Å². The Bertz CT molecular complexity index is 965. The molecule has 30 heavy (non-hydrogen) atoms. The first-order valence-electron chi connectivity index (χ1n) is 7.48. The van der Waals surface area contributed by atoms with E-state index < -0.39 is 57.7 Å². The third-order valence-electron chi connectivity index (χ3n) is 3.74. The Labute approximate surface area is 159 Å². The van der Waals surface area contributed by atoms with E-state index >= 15 is 0 Å². The summed E-state index contributed by atoms with van der Waals surface area (Å²) in [5.74, 6) is -16.9. The molecule has 16 heteroatoms. The van der Waals surface area contributed by atoms with E-state index in [2.05, 4.69) is 10.1 Å². The fourth-order valence-corrected chi connectivity index (χ4v) is 2.26. The van der Waals surface area contributed by atoms with Gasteiger partial charge in [0.2, 0.25) is 11.6 Å². The largest absolute Gasteiger partial charge is 0.461 e. The maximum Gasteiger partial charge on any atom is 0.461 e. The van der Waals surface area contributed by atoms with Crippen LogP contribution in [-0.4, -0.2) is 32.0 Å². The van der Waals surface area contributed by atoms with E-state index in [9.17, 15) is 54.0 Å². The first-order valence-corrected chi connectivity index (χ1v) is 7.48. The third kappa shape index (κ3) is 4.02. The molecule has 2 rings (SSSR count). The van der Waals surface area contributed by atoms with Crippen molar-refractivity contribution in [2.45, 2.75) is 37.7 Å². The molecule has 0 atom stereocenters. The topological polar surface area (TPSA) is 73.8 Å². The van der Waals surface area contributed by atoms with Crippen LogP contribution in [0.25, 0.3) is 0 Å². The highest BCUT2D eigenvalue weighted by Gasteiger charge is 2.65. The molecule has 166 valence electrons. The van der Waals surface area contributed by atoms with Crippen LogP contribution < -0.4 is 0 Å². The van der Waals surface area contributed by atoms with Gasteiger partial charge in [-0.1, -0.05) is 6.07 Å². The molecule has 0 saturated carbocycles. The van der Waals surface area contributed by atoms with Crippen molar-refractivity contribution in [1.82, 2.24) is 14.8 Å². The molecule has 0 fully saturated rings. The van der Waals surface area contributed by atoms with Gasteiger partial charge in [0.05, 0.1) is 11.5 Å². The van der Waals surface area contributed by atoms with Gasteiger partial charge < -0.3 is 0 Å². The number of nitro benzene ring substituents is 1. The Morgan fingerprint density at radius 1 is 0.967 bits per heavy atom. The van der Waals surface area contributed by atoms with E-state index in [-0.39, 0.29) is 11.1 Å². The van der Waals surface area contributed by atoms with Gasteiger partial charge in [-0.25, -0.2) is 9.67 Å². The molecule has 0 spiro atoms. The minimum atomic E-state index is -6.38. The first kappa shape index (κ1) is 23.3. The molecule has 0 amide bonds. The van der Waals surface area contributed by atoms with E-state index in [1.807, 2.05) is 0 Å². The summed E-state index contributed by atoms with van der Waals surface area (Å²) < 4.78 is 129. The molecule has 0 aliphatic heterocycles. The minimum absolute atomic E-state index is 0.0809. The lowest BCUT2D eigenvalue weighted by Crippen LogP contribution is -2.37. The molecule has 0 N–H and O–H groups in total. The molecule has 6 nitrogen and oxygen atoms in total. The number of hydrogen-bond donors (Lipinski definition) is 0. The molecule has 0 aliphatic carbocycles. The molecular weight excluding hydrogens is 446 g/mol. The normalized spacial score (nSPS) is 13.6. The number of hydrogen-bond acceptors (Lipinski definition) is 4. The van der Waals surface area contributed by atoms with Crippen LogP contribution in [0, 0.1) is 17.0 Å². The van der Waals surface area contributed by atoms with E-state index in [0.29, 0.717) is 0 Å². The maximum absolute atomic E-state index is 13.7. The minimum Gasteiger partial charge on any atom is -0.258 e. The average molecular weight is 454 g/mol. The van der Waals surface area contributed by atoms with Gasteiger partial charge in [0, 0.05) is 11.6 Å². The maximum atomic E-state index is 13.7. The van der Waals surface area contributed by atoms with Crippen molar-refractivity contribution in [3.05, 3.63) is 51.1 Å². The molecule has 1 aromatic carbocycles. The predicted octanol–water partition coefficient (Wildman–Crippen LogP) is 4.85. The highest BCUT2D eigenvalue weighted by molar-refractivity contribution is 5.41. The molecule has 2 aromatic rings. The second-order valence-electron chi connectivity index (χ2n) is 5.94. The molecule has 0 saturated heterocycles. The zero-order valence-corrected chi connectivity index (χ0v) is 14.3. The summed E-state index contributed by atoms with van der Waals surface area (Å²) >= 11 is 0. The van der Waals surface area contributed by atoms with Crippen LogP contribution in [0.2, 0.25) is 0 Å². The third-order valence-corrected chi connectivity index (χ3v) is 3.74. The van der Waals surface area contributed by atoms with Gasteiger partial charge in [0.1, 0.15) is 0 Å². The lowest BCUT2D eigenvalue weighted by atomic mass is 10.1. The molecule has 0 aliphatic rings. The van der Waals surface area contributed by atoms with Gasteiger partial charge in [-0.3, -0.25) is 10.1 Å². The summed E-state index contributed by atoms with van der Waals surface area (Å²) in [6, 6.07) is 2.66. The standard InChI is InChI=1S/C14H8F10N4O2/c1-6-4-7(2-3-8(6)28(29)30)5-27-10(12(17,18)14(22,23)24)25-9(26-27)11(15,16)13(19,20)21/h2-4H,5H2,1H3. The monoisotopic (exact) mass is 454 g/mol. The number of aromatic nitrogens is 3. The molecule has 1 aromatic heterocycles. The number of nitrogens with zero attached hydrogens (tertiary/aromatic N) is 4. The van der Waals surface area contributed by atoms with Crippen molar-refractivity contribution in [1.29, 1.82) is 0 Å². The number of halogens is 10.